The summed E-state index contributed by atoms with van der Waals surface area (Å²) in [5.74, 6) is 0.879. The van der Waals surface area contributed by atoms with Crippen LogP contribution in [0.5, 0.6) is 5.75 Å². The van der Waals surface area contributed by atoms with E-state index in [9.17, 15) is 0 Å². The minimum absolute atomic E-state index is 0. The third-order valence-corrected chi connectivity index (χ3v) is 2.04. The van der Waals surface area contributed by atoms with Crippen LogP contribution in [0.2, 0.25) is 0 Å². The molecule has 2 N–H and O–H groups in total. The van der Waals surface area contributed by atoms with E-state index in [1.165, 1.54) is 0 Å². The van der Waals surface area contributed by atoms with Crippen LogP contribution in [0.3, 0.4) is 0 Å². The van der Waals surface area contributed by atoms with Crippen LogP contribution in [0.4, 0.5) is 0 Å². The Hall–Kier alpha value is -0.990. The summed E-state index contributed by atoms with van der Waals surface area (Å²) >= 11 is 0. The Morgan fingerprint density at radius 2 is 2.13 bits per heavy atom. The molecule has 3 heteroatoms. The summed E-state index contributed by atoms with van der Waals surface area (Å²) in [5.41, 5.74) is 7.04. The van der Waals surface area contributed by atoms with Crippen LogP contribution in [0.1, 0.15) is 24.9 Å². The third-order valence-electron chi connectivity index (χ3n) is 2.04. The van der Waals surface area contributed by atoms with Crippen LogP contribution >= 0.6 is 12.4 Å². The van der Waals surface area contributed by atoms with Gasteiger partial charge in [0, 0.05) is 11.6 Å². The van der Waals surface area contributed by atoms with Crippen molar-refractivity contribution in [2.75, 3.05) is 6.61 Å². The molecule has 1 rings (SSSR count). The summed E-state index contributed by atoms with van der Waals surface area (Å²) in [4.78, 5) is 0. The molecular weight excluding hydrogens is 210 g/mol. The molecule has 84 valence electrons. The molecule has 0 radical (unpaired) electrons. The molecule has 0 aliphatic rings. The molecule has 0 saturated heterocycles. The van der Waals surface area contributed by atoms with Crippen molar-refractivity contribution in [2.45, 2.75) is 19.4 Å². The minimum atomic E-state index is -0.0183. The number of nitrogens with two attached hydrogens (primary N) is 1. The van der Waals surface area contributed by atoms with E-state index in [-0.39, 0.29) is 18.4 Å². The Bertz CT molecular complexity index is 301. The van der Waals surface area contributed by atoms with E-state index in [1.807, 2.05) is 37.3 Å². The number of para-hydroxylation sites is 1. The molecule has 0 spiro atoms. The van der Waals surface area contributed by atoms with E-state index in [4.69, 9.17) is 10.5 Å². The van der Waals surface area contributed by atoms with Crippen LogP contribution in [0, 0.1) is 0 Å². The summed E-state index contributed by atoms with van der Waals surface area (Å²) in [7, 11) is 0. The topological polar surface area (TPSA) is 35.2 Å². The number of ether oxygens (including phenoxy) is 1. The Balaban J connectivity index is 0.00000196. The average molecular weight is 228 g/mol. The van der Waals surface area contributed by atoms with Crippen molar-refractivity contribution >= 4 is 12.4 Å². The molecule has 1 aromatic carbocycles. The normalized spacial score (nSPS) is 11.3. The molecule has 0 aliphatic heterocycles. The predicted molar refractivity (Wildman–Crippen MR) is 66.6 cm³/mol. The monoisotopic (exact) mass is 227 g/mol. The van der Waals surface area contributed by atoms with E-state index in [1.54, 1.807) is 0 Å². The van der Waals surface area contributed by atoms with E-state index in [0.717, 1.165) is 17.7 Å². The highest BCUT2D eigenvalue weighted by atomic mass is 35.5. The zero-order valence-electron chi connectivity index (χ0n) is 8.98. The molecule has 0 heterocycles. The van der Waals surface area contributed by atoms with E-state index >= 15 is 0 Å². The fourth-order valence-electron chi connectivity index (χ4n) is 1.38. The first-order chi connectivity index (χ1) is 6.79. The fourth-order valence-corrected chi connectivity index (χ4v) is 1.38. The van der Waals surface area contributed by atoms with Gasteiger partial charge in [-0.05, 0) is 19.4 Å². The molecule has 0 unspecified atom stereocenters. The van der Waals surface area contributed by atoms with Gasteiger partial charge in [-0.1, -0.05) is 24.3 Å². The van der Waals surface area contributed by atoms with Crippen molar-refractivity contribution in [3.63, 3.8) is 0 Å². The quantitative estimate of drug-likeness (QED) is 0.785. The first-order valence-corrected chi connectivity index (χ1v) is 4.87. The largest absolute Gasteiger partial charge is 0.494 e. The maximum Gasteiger partial charge on any atom is 0.124 e. The number of hydrogen-bond donors (Lipinski definition) is 1. The SMILES string of the molecule is C=CC[C@H](N)c1ccccc1OCC.Cl. The van der Waals surface area contributed by atoms with Gasteiger partial charge in [-0.25, -0.2) is 0 Å². The van der Waals surface area contributed by atoms with E-state index in [0.29, 0.717) is 6.61 Å². The van der Waals surface area contributed by atoms with Crippen molar-refractivity contribution in [1.82, 2.24) is 0 Å². The van der Waals surface area contributed by atoms with Crippen LogP contribution in [-0.4, -0.2) is 6.61 Å². The van der Waals surface area contributed by atoms with Crippen LogP contribution in [-0.2, 0) is 0 Å². The Kier molecular flexibility index (Phi) is 6.84. The lowest BCUT2D eigenvalue weighted by Crippen LogP contribution is -2.11. The summed E-state index contributed by atoms with van der Waals surface area (Å²) in [6.07, 6.45) is 2.59. The maximum atomic E-state index is 5.99. The van der Waals surface area contributed by atoms with Gasteiger partial charge in [-0.15, -0.1) is 19.0 Å². The van der Waals surface area contributed by atoms with E-state index < -0.39 is 0 Å². The van der Waals surface area contributed by atoms with Gasteiger partial charge in [0.05, 0.1) is 6.61 Å². The van der Waals surface area contributed by atoms with Gasteiger partial charge in [0.15, 0.2) is 0 Å². The fraction of sp³-hybridized carbons (Fsp3) is 0.333. The molecule has 0 aliphatic carbocycles. The summed E-state index contributed by atoms with van der Waals surface area (Å²) in [6.45, 7) is 6.31. The van der Waals surface area contributed by atoms with Gasteiger partial charge in [0.25, 0.3) is 0 Å². The van der Waals surface area contributed by atoms with Gasteiger partial charge in [-0.3, -0.25) is 0 Å². The van der Waals surface area contributed by atoms with Crippen LogP contribution in [0.25, 0.3) is 0 Å². The van der Waals surface area contributed by atoms with Crippen molar-refractivity contribution in [2.24, 2.45) is 5.73 Å². The summed E-state index contributed by atoms with van der Waals surface area (Å²) in [5, 5.41) is 0. The lowest BCUT2D eigenvalue weighted by molar-refractivity contribution is 0.334. The molecule has 15 heavy (non-hydrogen) atoms. The first-order valence-electron chi connectivity index (χ1n) is 4.87. The van der Waals surface area contributed by atoms with Gasteiger partial charge in [0.1, 0.15) is 5.75 Å². The highest BCUT2D eigenvalue weighted by molar-refractivity contribution is 5.85. The molecule has 0 fully saturated rings. The van der Waals surface area contributed by atoms with Crippen LogP contribution in [0.15, 0.2) is 36.9 Å². The number of benzene rings is 1. The molecular formula is C12H18ClNO. The average Bonchev–Trinajstić information content (AvgIpc) is 2.19. The van der Waals surface area contributed by atoms with Gasteiger partial charge in [0.2, 0.25) is 0 Å². The second kappa shape index (κ2) is 7.32. The van der Waals surface area contributed by atoms with E-state index in [2.05, 4.69) is 6.58 Å². The number of rotatable bonds is 5. The zero-order chi connectivity index (χ0) is 10.4. The Morgan fingerprint density at radius 3 is 2.73 bits per heavy atom. The third kappa shape index (κ3) is 3.94. The molecule has 0 bridgehead atoms. The number of halogens is 1. The predicted octanol–water partition coefficient (Wildman–Crippen LogP) is 3.08. The number of hydrogen-bond acceptors (Lipinski definition) is 2. The second-order valence-electron chi connectivity index (χ2n) is 3.10. The van der Waals surface area contributed by atoms with Crippen molar-refractivity contribution in [1.29, 1.82) is 0 Å². The molecule has 1 atom stereocenters. The maximum absolute atomic E-state index is 5.99. The van der Waals surface area contributed by atoms with Gasteiger partial charge < -0.3 is 10.5 Å². The minimum Gasteiger partial charge on any atom is -0.494 e. The van der Waals surface area contributed by atoms with Crippen LogP contribution < -0.4 is 10.5 Å². The molecule has 0 amide bonds. The highest BCUT2D eigenvalue weighted by Gasteiger charge is 2.09. The summed E-state index contributed by atoms with van der Waals surface area (Å²) < 4.78 is 5.49. The second-order valence-corrected chi connectivity index (χ2v) is 3.10. The highest BCUT2D eigenvalue weighted by Crippen LogP contribution is 2.25. The standard InChI is InChI=1S/C12H17NO.ClH/c1-3-7-11(13)10-8-5-6-9-12(10)14-4-2;/h3,5-6,8-9,11H,1,4,7,13H2,2H3;1H/t11-;/m0./s1. The lowest BCUT2D eigenvalue weighted by atomic mass is 10.0. The smallest absolute Gasteiger partial charge is 0.124 e. The van der Waals surface area contributed by atoms with Crippen molar-refractivity contribution in [3.8, 4) is 5.75 Å². The molecule has 2 nitrogen and oxygen atoms in total. The van der Waals surface area contributed by atoms with Crippen molar-refractivity contribution in [3.05, 3.63) is 42.5 Å². The molecule has 1 aromatic rings. The Labute approximate surface area is 97.5 Å². The van der Waals surface area contributed by atoms with Gasteiger partial charge >= 0.3 is 0 Å². The lowest BCUT2D eigenvalue weighted by Gasteiger charge is -2.14. The Morgan fingerprint density at radius 1 is 1.47 bits per heavy atom. The first kappa shape index (κ1) is 14.0. The van der Waals surface area contributed by atoms with Crippen molar-refractivity contribution < 1.29 is 4.74 Å². The van der Waals surface area contributed by atoms with Gasteiger partial charge in [-0.2, -0.15) is 0 Å². The summed E-state index contributed by atoms with van der Waals surface area (Å²) in [6, 6.07) is 7.85. The molecule has 0 aromatic heterocycles. The zero-order valence-corrected chi connectivity index (χ0v) is 9.80. The molecule has 0 saturated carbocycles.